The largest absolute Gasteiger partial charge is 0.457 e. The van der Waals surface area contributed by atoms with E-state index in [0.717, 1.165) is 23.9 Å². The third kappa shape index (κ3) is 3.62. The molecule has 7 heteroatoms. The van der Waals surface area contributed by atoms with Gasteiger partial charge in [-0.1, -0.05) is 13.8 Å². The maximum Gasteiger partial charge on any atom is 0.295 e. The van der Waals surface area contributed by atoms with Crippen LogP contribution in [0.5, 0.6) is 11.5 Å². The highest BCUT2D eigenvalue weighted by Crippen LogP contribution is 2.60. The molecule has 2 N–H and O–H groups in total. The van der Waals surface area contributed by atoms with Crippen molar-refractivity contribution in [1.82, 2.24) is 15.3 Å². The molecule has 0 radical (unpaired) electrons. The summed E-state index contributed by atoms with van der Waals surface area (Å²) < 4.78 is 11.8. The van der Waals surface area contributed by atoms with Crippen molar-refractivity contribution in [2.75, 3.05) is 18.9 Å². The first-order chi connectivity index (χ1) is 14.9. The predicted octanol–water partition coefficient (Wildman–Crippen LogP) is 4.86. The monoisotopic (exact) mass is 420 g/mol. The van der Waals surface area contributed by atoms with E-state index in [1.807, 2.05) is 18.2 Å². The smallest absolute Gasteiger partial charge is 0.295 e. The number of oxazole rings is 1. The van der Waals surface area contributed by atoms with Gasteiger partial charge in [0.05, 0.1) is 0 Å². The molecular weight excluding hydrogens is 392 g/mol. The van der Waals surface area contributed by atoms with Gasteiger partial charge in [0.25, 0.3) is 11.9 Å². The van der Waals surface area contributed by atoms with Gasteiger partial charge in [0.15, 0.2) is 5.58 Å². The fraction of sp³-hybridized carbons (Fsp3) is 0.458. The third-order valence-electron chi connectivity index (χ3n) is 7.29. The van der Waals surface area contributed by atoms with Gasteiger partial charge in [-0.2, -0.15) is 4.98 Å². The topological polar surface area (TPSA) is 89.3 Å². The Balaban J connectivity index is 1.27. The third-order valence-corrected chi connectivity index (χ3v) is 7.29. The average molecular weight is 421 g/mol. The Hall–Kier alpha value is -3.09. The Morgan fingerprint density at radius 2 is 2.06 bits per heavy atom. The molecule has 2 saturated carbocycles. The molecule has 0 unspecified atom stereocenters. The first-order valence-electron chi connectivity index (χ1n) is 10.9. The number of pyridine rings is 1. The number of carbonyl (C=O) groups excluding carboxylic acids is 1. The summed E-state index contributed by atoms with van der Waals surface area (Å²) in [6.45, 7) is 5.76. The lowest BCUT2D eigenvalue weighted by molar-refractivity contribution is 0.0958. The molecule has 3 aromatic rings. The van der Waals surface area contributed by atoms with Crippen LogP contribution in [-0.2, 0) is 0 Å². The standard InChI is InChI=1S/C24H28N4O3/c1-24(2)15-4-6-18(24)14(10-15)13-27-23-28-19-7-5-16(12-21(19)31-23)30-17-8-9-26-20(11-17)22(29)25-3/h5,7-9,11-12,14-15,18H,4,6,10,13H2,1-3H3,(H,25,29)(H,27,28)/t14-,15+,18-/m0/s1. The van der Waals surface area contributed by atoms with Crippen LogP contribution in [-0.4, -0.2) is 29.5 Å². The van der Waals surface area contributed by atoms with Crippen LogP contribution in [0.2, 0.25) is 0 Å². The Labute approximate surface area is 181 Å². The van der Waals surface area contributed by atoms with Gasteiger partial charge >= 0.3 is 0 Å². The van der Waals surface area contributed by atoms with Gasteiger partial charge in [0.1, 0.15) is 22.7 Å². The highest BCUT2D eigenvalue weighted by molar-refractivity contribution is 5.92. The fourth-order valence-electron chi connectivity index (χ4n) is 5.57. The highest BCUT2D eigenvalue weighted by atomic mass is 16.5. The van der Waals surface area contributed by atoms with Crippen molar-refractivity contribution in [3.63, 3.8) is 0 Å². The molecule has 3 atom stereocenters. The molecular formula is C24H28N4O3. The van der Waals surface area contributed by atoms with Crippen molar-refractivity contribution >= 4 is 23.0 Å². The number of rotatable bonds is 6. The molecule has 2 fully saturated rings. The minimum absolute atomic E-state index is 0.259. The van der Waals surface area contributed by atoms with Gasteiger partial charge in [-0.05, 0) is 60.6 Å². The SMILES string of the molecule is CNC(=O)c1cc(Oc2ccc3nc(NC[C@@H]4C[C@H]5CC[C@@H]4C5(C)C)oc3c2)ccn1. The molecule has 31 heavy (non-hydrogen) atoms. The lowest BCUT2D eigenvalue weighted by Crippen LogP contribution is -2.24. The van der Waals surface area contributed by atoms with Crippen LogP contribution in [0.3, 0.4) is 0 Å². The van der Waals surface area contributed by atoms with Gasteiger partial charge in [0.2, 0.25) is 0 Å². The number of nitrogens with one attached hydrogen (secondary N) is 2. The number of amides is 1. The molecule has 7 nitrogen and oxygen atoms in total. The zero-order valence-electron chi connectivity index (χ0n) is 18.1. The van der Waals surface area contributed by atoms with E-state index in [1.165, 1.54) is 19.3 Å². The number of anilines is 1. The van der Waals surface area contributed by atoms with Gasteiger partial charge in [-0.15, -0.1) is 0 Å². The Morgan fingerprint density at radius 1 is 1.23 bits per heavy atom. The summed E-state index contributed by atoms with van der Waals surface area (Å²) in [6.07, 6.45) is 5.57. The van der Waals surface area contributed by atoms with E-state index >= 15 is 0 Å². The Morgan fingerprint density at radius 3 is 2.81 bits per heavy atom. The lowest BCUT2D eigenvalue weighted by Gasteiger charge is -2.26. The number of benzene rings is 1. The summed E-state index contributed by atoms with van der Waals surface area (Å²) in [5, 5.41) is 5.98. The number of fused-ring (bicyclic) bond motifs is 3. The van der Waals surface area contributed by atoms with Crippen molar-refractivity contribution in [3.05, 3.63) is 42.2 Å². The number of nitrogens with zero attached hydrogens (tertiary/aromatic N) is 2. The molecule has 2 aliphatic carbocycles. The van der Waals surface area contributed by atoms with Crippen LogP contribution in [0, 0.1) is 23.2 Å². The maximum atomic E-state index is 11.8. The summed E-state index contributed by atoms with van der Waals surface area (Å²) >= 11 is 0. The summed E-state index contributed by atoms with van der Waals surface area (Å²) in [4.78, 5) is 20.4. The number of carbonyl (C=O) groups is 1. The second-order valence-electron chi connectivity index (χ2n) is 9.29. The van der Waals surface area contributed by atoms with Gasteiger partial charge < -0.3 is 19.8 Å². The van der Waals surface area contributed by atoms with Crippen LogP contribution >= 0.6 is 0 Å². The number of hydrogen-bond donors (Lipinski definition) is 2. The van der Waals surface area contributed by atoms with Crippen molar-refractivity contribution in [2.45, 2.75) is 33.1 Å². The average Bonchev–Trinajstić information content (AvgIpc) is 3.39. The van der Waals surface area contributed by atoms with Crippen molar-refractivity contribution in [2.24, 2.45) is 23.2 Å². The van der Waals surface area contributed by atoms with E-state index < -0.39 is 0 Å². The van der Waals surface area contributed by atoms with E-state index in [2.05, 4.69) is 34.4 Å². The highest BCUT2D eigenvalue weighted by Gasteiger charge is 2.52. The number of aromatic nitrogens is 2. The molecule has 1 aromatic carbocycles. The second kappa shape index (κ2) is 7.55. The summed E-state index contributed by atoms with van der Waals surface area (Å²) in [6, 6.07) is 9.40. The molecule has 5 rings (SSSR count). The zero-order chi connectivity index (χ0) is 21.6. The minimum atomic E-state index is -0.259. The molecule has 0 aliphatic heterocycles. The van der Waals surface area contributed by atoms with Gasteiger partial charge in [-0.3, -0.25) is 9.78 Å². The summed E-state index contributed by atoms with van der Waals surface area (Å²) in [5.41, 5.74) is 2.21. The number of ether oxygens (including phenoxy) is 1. The van der Waals surface area contributed by atoms with Gasteiger partial charge in [-0.25, -0.2) is 0 Å². The fourth-order valence-corrected chi connectivity index (χ4v) is 5.57. The lowest BCUT2D eigenvalue weighted by atomic mass is 9.80. The molecule has 0 saturated heterocycles. The van der Waals surface area contributed by atoms with Crippen molar-refractivity contribution in [3.8, 4) is 11.5 Å². The molecule has 162 valence electrons. The maximum absolute atomic E-state index is 11.8. The normalized spacial score (nSPS) is 23.8. The van der Waals surface area contributed by atoms with Crippen LogP contribution < -0.4 is 15.4 Å². The molecule has 2 aliphatic rings. The molecule has 2 heterocycles. The van der Waals surface area contributed by atoms with Crippen molar-refractivity contribution in [1.29, 1.82) is 0 Å². The second-order valence-corrected chi connectivity index (χ2v) is 9.29. The summed E-state index contributed by atoms with van der Waals surface area (Å²) in [5.74, 6) is 3.21. The molecule has 2 aromatic heterocycles. The first kappa shape index (κ1) is 19.8. The van der Waals surface area contributed by atoms with Crippen LogP contribution in [0.4, 0.5) is 6.01 Å². The van der Waals surface area contributed by atoms with Crippen molar-refractivity contribution < 1.29 is 13.9 Å². The van der Waals surface area contributed by atoms with E-state index in [9.17, 15) is 4.79 Å². The van der Waals surface area contributed by atoms with Gasteiger partial charge in [0, 0.05) is 31.9 Å². The molecule has 1 amide bonds. The van der Waals surface area contributed by atoms with Crippen LogP contribution in [0.1, 0.15) is 43.6 Å². The van der Waals surface area contributed by atoms with E-state index in [4.69, 9.17) is 9.15 Å². The van der Waals surface area contributed by atoms with E-state index in [0.29, 0.717) is 40.1 Å². The molecule has 0 spiro atoms. The number of hydrogen-bond acceptors (Lipinski definition) is 6. The van der Waals surface area contributed by atoms with E-state index in [1.54, 1.807) is 25.4 Å². The first-order valence-corrected chi connectivity index (χ1v) is 10.9. The van der Waals surface area contributed by atoms with Crippen LogP contribution in [0.15, 0.2) is 40.9 Å². The zero-order valence-corrected chi connectivity index (χ0v) is 18.1. The molecule has 2 bridgehead atoms. The Kier molecular flexibility index (Phi) is 4.84. The Bertz CT molecular complexity index is 1120. The minimum Gasteiger partial charge on any atom is -0.457 e. The quantitative estimate of drug-likeness (QED) is 0.592. The summed E-state index contributed by atoms with van der Waals surface area (Å²) in [7, 11) is 1.57. The van der Waals surface area contributed by atoms with Crippen LogP contribution in [0.25, 0.3) is 11.1 Å². The van der Waals surface area contributed by atoms with E-state index in [-0.39, 0.29) is 5.91 Å². The predicted molar refractivity (Wildman–Crippen MR) is 118 cm³/mol.